The van der Waals surface area contributed by atoms with Crippen molar-refractivity contribution in [2.75, 3.05) is 36.4 Å². The molecule has 29 heavy (non-hydrogen) atoms. The van der Waals surface area contributed by atoms with Gasteiger partial charge in [-0.25, -0.2) is 8.42 Å². The van der Waals surface area contributed by atoms with E-state index in [0.717, 1.165) is 42.9 Å². The second-order valence-electron chi connectivity index (χ2n) is 7.23. The van der Waals surface area contributed by atoms with Crippen LogP contribution in [-0.2, 0) is 10.0 Å². The van der Waals surface area contributed by atoms with Crippen LogP contribution in [0.25, 0.3) is 0 Å². The summed E-state index contributed by atoms with van der Waals surface area (Å²) in [4.78, 5) is 15.5. The first kappa shape index (κ1) is 21.3. The number of nitrogens with zero attached hydrogens (tertiary/aromatic N) is 2. The van der Waals surface area contributed by atoms with Crippen LogP contribution in [0, 0.1) is 6.92 Å². The summed E-state index contributed by atoms with van der Waals surface area (Å²) in [5, 5.41) is 2.95. The first-order chi connectivity index (χ1) is 13.9. The fourth-order valence-electron chi connectivity index (χ4n) is 3.71. The second-order valence-corrected chi connectivity index (χ2v) is 9.17. The molecule has 1 aliphatic heterocycles. The van der Waals surface area contributed by atoms with Gasteiger partial charge in [0.05, 0.1) is 10.5 Å². The molecule has 156 valence electrons. The first-order valence-electron chi connectivity index (χ1n) is 10.1. The summed E-state index contributed by atoms with van der Waals surface area (Å²) in [5.41, 5.74) is 2.85. The molecule has 0 radical (unpaired) electrons. The molecule has 1 aliphatic rings. The van der Waals surface area contributed by atoms with E-state index in [-0.39, 0.29) is 10.8 Å². The third kappa shape index (κ3) is 4.46. The van der Waals surface area contributed by atoms with Crippen molar-refractivity contribution in [1.29, 1.82) is 0 Å². The smallest absolute Gasteiger partial charge is 0.257 e. The van der Waals surface area contributed by atoms with Crippen LogP contribution in [0.2, 0.25) is 0 Å². The lowest BCUT2D eigenvalue weighted by atomic mass is 10.1. The van der Waals surface area contributed by atoms with Crippen LogP contribution in [0.5, 0.6) is 0 Å². The lowest BCUT2D eigenvalue weighted by Gasteiger charge is -2.23. The Morgan fingerprint density at radius 1 is 1.07 bits per heavy atom. The molecular formula is C22H29N3O3S. The Labute approximate surface area is 173 Å². The summed E-state index contributed by atoms with van der Waals surface area (Å²) >= 11 is 0. The van der Waals surface area contributed by atoms with E-state index < -0.39 is 10.0 Å². The molecule has 2 aromatic carbocycles. The molecule has 1 fully saturated rings. The number of amides is 1. The zero-order valence-electron chi connectivity index (χ0n) is 17.3. The number of aryl methyl sites for hydroxylation is 1. The van der Waals surface area contributed by atoms with Crippen molar-refractivity contribution in [2.24, 2.45) is 0 Å². The average Bonchev–Trinajstić information content (AvgIpc) is 3.24. The van der Waals surface area contributed by atoms with Gasteiger partial charge in [0.15, 0.2) is 0 Å². The number of anilines is 2. The SMILES string of the molecule is CCN(CC)S(=O)(=O)c1ccc(N2CCCC2)c(C(=O)Nc2ccccc2C)c1. The highest BCUT2D eigenvalue weighted by Gasteiger charge is 2.26. The Morgan fingerprint density at radius 2 is 1.72 bits per heavy atom. The maximum atomic E-state index is 13.2. The van der Waals surface area contributed by atoms with Gasteiger partial charge < -0.3 is 10.2 Å². The minimum absolute atomic E-state index is 0.152. The van der Waals surface area contributed by atoms with Gasteiger partial charge in [-0.2, -0.15) is 4.31 Å². The quantitative estimate of drug-likeness (QED) is 0.745. The summed E-state index contributed by atoms with van der Waals surface area (Å²) < 4.78 is 27.4. The average molecular weight is 416 g/mol. The van der Waals surface area contributed by atoms with Gasteiger partial charge in [0.2, 0.25) is 10.0 Å². The van der Waals surface area contributed by atoms with Gasteiger partial charge in [0.25, 0.3) is 5.91 Å². The van der Waals surface area contributed by atoms with Gasteiger partial charge in [-0.3, -0.25) is 4.79 Å². The van der Waals surface area contributed by atoms with Crippen LogP contribution in [0.15, 0.2) is 47.4 Å². The van der Waals surface area contributed by atoms with E-state index in [1.54, 1.807) is 12.1 Å². The van der Waals surface area contributed by atoms with Gasteiger partial charge in [0.1, 0.15) is 0 Å². The molecule has 0 atom stereocenters. The maximum Gasteiger partial charge on any atom is 0.257 e. The minimum atomic E-state index is -3.64. The number of sulfonamides is 1. The predicted octanol–water partition coefficient (Wildman–Crippen LogP) is 3.88. The summed E-state index contributed by atoms with van der Waals surface area (Å²) in [7, 11) is -3.64. The predicted molar refractivity (Wildman–Crippen MR) is 117 cm³/mol. The monoisotopic (exact) mass is 415 g/mol. The fourth-order valence-corrected chi connectivity index (χ4v) is 5.19. The fraction of sp³-hybridized carbons (Fsp3) is 0.409. The molecule has 7 heteroatoms. The molecule has 3 rings (SSSR count). The number of carbonyl (C=O) groups is 1. The maximum absolute atomic E-state index is 13.2. The van der Waals surface area contributed by atoms with E-state index in [4.69, 9.17) is 0 Å². The third-order valence-corrected chi connectivity index (χ3v) is 7.44. The van der Waals surface area contributed by atoms with Crippen LogP contribution in [0.1, 0.15) is 42.6 Å². The highest BCUT2D eigenvalue weighted by molar-refractivity contribution is 7.89. The number of rotatable bonds is 7. The number of hydrogen-bond acceptors (Lipinski definition) is 4. The van der Waals surface area contributed by atoms with Crippen molar-refractivity contribution in [1.82, 2.24) is 4.31 Å². The van der Waals surface area contributed by atoms with Gasteiger partial charge in [0, 0.05) is 37.6 Å². The molecule has 0 spiro atoms. The number of carbonyl (C=O) groups excluding carboxylic acids is 1. The van der Waals surface area contributed by atoms with Gasteiger partial charge in [-0.05, 0) is 49.6 Å². The summed E-state index contributed by atoms with van der Waals surface area (Å²) in [6, 6.07) is 12.5. The van der Waals surface area contributed by atoms with Crippen molar-refractivity contribution in [3.8, 4) is 0 Å². The van der Waals surface area contributed by atoms with Crippen LogP contribution in [-0.4, -0.2) is 44.8 Å². The molecule has 0 saturated carbocycles. The Hall–Kier alpha value is -2.38. The van der Waals surface area contributed by atoms with Crippen LogP contribution < -0.4 is 10.2 Å². The molecule has 2 aromatic rings. The Kier molecular flexibility index (Phi) is 6.59. The molecule has 0 bridgehead atoms. The molecule has 1 saturated heterocycles. The Bertz CT molecular complexity index is 979. The number of benzene rings is 2. The zero-order valence-corrected chi connectivity index (χ0v) is 18.1. The molecule has 1 N–H and O–H groups in total. The normalized spacial score (nSPS) is 14.4. The molecule has 0 aromatic heterocycles. The Balaban J connectivity index is 2.04. The number of nitrogens with one attached hydrogen (secondary N) is 1. The molecule has 0 aliphatic carbocycles. The summed E-state index contributed by atoms with van der Waals surface area (Å²) in [5.74, 6) is -0.294. The van der Waals surface area contributed by atoms with Crippen LogP contribution >= 0.6 is 0 Å². The molecule has 1 amide bonds. The van der Waals surface area contributed by atoms with Crippen molar-refractivity contribution in [3.63, 3.8) is 0 Å². The highest BCUT2D eigenvalue weighted by Crippen LogP contribution is 2.29. The lowest BCUT2D eigenvalue weighted by molar-refractivity contribution is 0.102. The minimum Gasteiger partial charge on any atom is -0.371 e. The van der Waals surface area contributed by atoms with Gasteiger partial charge in [-0.1, -0.05) is 32.0 Å². The van der Waals surface area contributed by atoms with Gasteiger partial charge in [-0.15, -0.1) is 0 Å². The van der Waals surface area contributed by atoms with E-state index in [2.05, 4.69) is 10.2 Å². The summed E-state index contributed by atoms with van der Waals surface area (Å²) in [6.07, 6.45) is 2.14. The van der Waals surface area contributed by atoms with E-state index in [1.165, 1.54) is 10.4 Å². The van der Waals surface area contributed by atoms with E-state index >= 15 is 0 Å². The van der Waals surface area contributed by atoms with E-state index in [1.807, 2.05) is 45.0 Å². The molecule has 1 heterocycles. The molecule has 0 unspecified atom stereocenters. The van der Waals surface area contributed by atoms with E-state index in [9.17, 15) is 13.2 Å². The van der Waals surface area contributed by atoms with E-state index in [0.29, 0.717) is 18.7 Å². The number of hydrogen-bond donors (Lipinski definition) is 1. The van der Waals surface area contributed by atoms with Crippen molar-refractivity contribution >= 4 is 27.3 Å². The third-order valence-electron chi connectivity index (χ3n) is 5.40. The van der Waals surface area contributed by atoms with Gasteiger partial charge >= 0.3 is 0 Å². The van der Waals surface area contributed by atoms with Crippen molar-refractivity contribution in [2.45, 2.75) is 38.5 Å². The second kappa shape index (κ2) is 8.97. The molecule has 6 nitrogen and oxygen atoms in total. The highest BCUT2D eigenvalue weighted by atomic mass is 32.2. The topological polar surface area (TPSA) is 69.7 Å². The first-order valence-corrected chi connectivity index (χ1v) is 11.6. The largest absolute Gasteiger partial charge is 0.371 e. The molecular weight excluding hydrogens is 386 g/mol. The van der Waals surface area contributed by atoms with Crippen LogP contribution in [0.3, 0.4) is 0 Å². The van der Waals surface area contributed by atoms with Crippen molar-refractivity contribution in [3.05, 3.63) is 53.6 Å². The standard InChI is InChI=1S/C22H29N3O3S/c1-4-25(5-2)29(27,28)18-12-13-21(24-14-8-9-15-24)19(16-18)22(26)23-20-11-7-6-10-17(20)3/h6-7,10-13,16H,4-5,8-9,14-15H2,1-3H3,(H,23,26). The zero-order chi connectivity index (χ0) is 21.0. The van der Waals surface area contributed by atoms with Crippen molar-refractivity contribution < 1.29 is 13.2 Å². The lowest BCUT2D eigenvalue weighted by Crippen LogP contribution is -2.31. The number of para-hydroxylation sites is 1. The summed E-state index contributed by atoms with van der Waals surface area (Å²) in [6.45, 7) is 8.06. The van der Waals surface area contributed by atoms with Crippen LogP contribution in [0.4, 0.5) is 11.4 Å². The Morgan fingerprint density at radius 3 is 2.34 bits per heavy atom.